The Morgan fingerprint density at radius 1 is 0.667 bits per heavy atom. The van der Waals surface area contributed by atoms with E-state index in [0.717, 1.165) is 6.54 Å². The van der Waals surface area contributed by atoms with Crippen LogP contribution in [0.1, 0.15) is 22.7 Å². The van der Waals surface area contributed by atoms with Gasteiger partial charge in [0.25, 0.3) is 0 Å². The number of rotatable bonds is 8. The maximum Gasteiger partial charge on any atom is 0.0717 e. The van der Waals surface area contributed by atoms with Gasteiger partial charge in [-0.3, -0.25) is 0 Å². The average Bonchev–Trinajstić information content (AvgIpc) is 2.67. The first-order valence-electron chi connectivity index (χ1n) is 8.36. The molecular formula is C22H23NO. The lowest BCUT2D eigenvalue weighted by atomic mass is 10.1. The van der Waals surface area contributed by atoms with Crippen LogP contribution in [-0.2, 0) is 17.9 Å². The van der Waals surface area contributed by atoms with Crippen LogP contribution in [0.3, 0.4) is 0 Å². The second-order valence-electron chi connectivity index (χ2n) is 5.83. The normalized spacial score (nSPS) is 12.0. The first-order chi connectivity index (χ1) is 11.9. The fourth-order valence-corrected chi connectivity index (χ4v) is 2.66. The molecule has 0 aliphatic heterocycles. The van der Waals surface area contributed by atoms with Crippen LogP contribution >= 0.6 is 0 Å². The lowest BCUT2D eigenvalue weighted by molar-refractivity contribution is 0.0981. The molecule has 24 heavy (non-hydrogen) atoms. The van der Waals surface area contributed by atoms with E-state index in [-0.39, 0.29) is 6.04 Å². The highest BCUT2D eigenvalue weighted by atomic mass is 16.5. The van der Waals surface area contributed by atoms with Gasteiger partial charge < -0.3 is 10.1 Å². The topological polar surface area (TPSA) is 21.3 Å². The molecule has 1 atom stereocenters. The summed E-state index contributed by atoms with van der Waals surface area (Å²) in [5.41, 5.74) is 3.73. The molecule has 0 aliphatic rings. The number of hydrogen-bond donors (Lipinski definition) is 1. The summed E-state index contributed by atoms with van der Waals surface area (Å²) >= 11 is 0. The molecule has 0 radical (unpaired) electrons. The molecule has 1 N–H and O–H groups in total. The van der Waals surface area contributed by atoms with Crippen molar-refractivity contribution in [1.82, 2.24) is 5.32 Å². The van der Waals surface area contributed by atoms with E-state index in [4.69, 9.17) is 4.74 Å². The van der Waals surface area contributed by atoms with Gasteiger partial charge in [-0.15, -0.1) is 0 Å². The van der Waals surface area contributed by atoms with Gasteiger partial charge in [-0.1, -0.05) is 91.0 Å². The van der Waals surface area contributed by atoms with Crippen LogP contribution < -0.4 is 5.32 Å². The van der Waals surface area contributed by atoms with Gasteiger partial charge in [-0.25, -0.2) is 0 Å². The van der Waals surface area contributed by atoms with Crippen LogP contribution in [0.25, 0.3) is 0 Å². The molecule has 122 valence electrons. The molecule has 0 spiro atoms. The number of ether oxygens (including phenoxy) is 1. The molecule has 0 saturated carbocycles. The van der Waals surface area contributed by atoms with Gasteiger partial charge in [0.05, 0.1) is 19.3 Å². The Morgan fingerprint density at radius 2 is 1.21 bits per heavy atom. The molecule has 0 heterocycles. The molecule has 3 aromatic rings. The molecule has 2 heteroatoms. The third-order valence-electron chi connectivity index (χ3n) is 3.99. The van der Waals surface area contributed by atoms with E-state index in [0.29, 0.717) is 13.2 Å². The largest absolute Gasteiger partial charge is 0.375 e. The highest BCUT2D eigenvalue weighted by molar-refractivity contribution is 5.20. The molecule has 0 fully saturated rings. The van der Waals surface area contributed by atoms with Crippen molar-refractivity contribution in [3.63, 3.8) is 0 Å². The van der Waals surface area contributed by atoms with E-state index in [2.05, 4.69) is 66.0 Å². The van der Waals surface area contributed by atoms with Gasteiger partial charge in [-0.05, 0) is 16.7 Å². The number of benzene rings is 3. The Balaban J connectivity index is 1.59. The Bertz CT molecular complexity index is 698. The number of nitrogens with one attached hydrogen (secondary N) is 1. The zero-order valence-corrected chi connectivity index (χ0v) is 13.8. The first-order valence-corrected chi connectivity index (χ1v) is 8.36. The Kier molecular flexibility index (Phi) is 6.18. The van der Waals surface area contributed by atoms with Crippen molar-refractivity contribution < 1.29 is 4.74 Å². The minimum atomic E-state index is 0.176. The first kappa shape index (κ1) is 16.4. The molecule has 2 nitrogen and oxygen atoms in total. The zero-order chi connectivity index (χ0) is 16.5. The summed E-state index contributed by atoms with van der Waals surface area (Å²) in [5, 5.41) is 3.61. The lowest BCUT2D eigenvalue weighted by Gasteiger charge is -2.19. The van der Waals surface area contributed by atoms with E-state index in [1.165, 1.54) is 16.7 Å². The van der Waals surface area contributed by atoms with Crippen LogP contribution in [0.2, 0.25) is 0 Å². The predicted molar refractivity (Wildman–Crippen MR) is 98.6 cm³/mol. The molecular weight excluding hydrogens is 294 g/mol. The fraction of sp³-hybridized carbons (Fsp3) is 0.182. The van der Waals surface area contributed by atoms with Crippen molar-refractivity contribution in [2.45, 2.75) is 19.2 Å². The highest BCUT2D eigenvalue weighted by Crippen LogP contribution is 2.15. The smallest absolute Gasteiger partial charge is 0.0717 e. The van der Waals surface area contributed by atoms with E-state index in [1.807, 2.05) is 30.3 Å². The minimum Gasteiger partial charge on any atom is -0.375 e. The summed E-state index contributed by atoms with van der Waals surface area (Å²) < 4.78 is 5.96. The molecule has 0 aromatic heterocycles. The van der Waals surface area contributed by atoms with Crippen molar-refractivity contribution in [2.24, 2.45) is 0 Å². The minimum absolute atomic E-state index is 0.176. The predicted octanol–water partition coefficient (Wildman–Crippen LogP) is 4.73. The summed E-state index contributed by atoms with van der Waals surface area (Å²) in [7, 11) is 0. The monoisotopic (exact) mass is 317 g/mol. The third-order valence-corrected chi connectivity index (χ3v) is 3.99. The average molecular weight is 317 g/mol. The molecule has 0 saturated heterocycles. The fourth-order valence-electron chi connectivity index (χ4n) is 2.66. The molecule has 3 aromatic carbocycles. The molecule has 0 unspecified atom stereocenters. The second-order valence-corrected chi connectivity index (χ2v) is 5.83. The SMILES string of the molecule is c1ccc(CN[C@@H](COCc2ccccc2)c2ccccc2)cc1. The maximum atomic E-state index is 5.96. The van der Waals surface area contributed by atoms with E-state index in [9.17, 15) is 0 Å². The summed E-state index contributed by atoms with van der Waals surface area (Å²) in [4.78, 5) is 0. The van der Waals surface area contributed by atoms with Gasteiger partial charge in [0.1, 0.15) is 0 Å². The Hall–Kier alpha value is -2.42. The van der Waals surface area contributed by atoms with Crippen LogP contribution in [0, 0.1) is 0 Å². The van der Waals surface area contributed by atoms with E-state index in [1.54, 1.807) is 0 Å². The van der Waals surface area contributed by atoms with Crippen LogP contribution in [0.4, 0.5) is 0 Å². The van der Waals surface area contributed by atoms with Crippen molar-refractivity contribution in [3.8, 4) is 0 Å². The summed E-state index contributed by atoms with van der Waals surface area (Å²) in [6.07, 6.45) is 0. The van der Waals surface area contributed by atoms with Crippen molar-refractivity contribution >= 4 is 0 Å². The summed E-state index contributed by atoms with van der Waals surface area (Å²) in [5.74, 6) is 0. The third kappa shape index (κ3) is 5.05. The van der Waals surface area contributed by atoms with Gasteiger partial charge in [0, 0.05) is 6.54 Å². The quantitative estimate of drug-likeness (QED) is 0.648. The molecule has 0 aliphatic carbocycles. The molecule has 0 amide bonds. The van der Waals surface area contributed by atoms with Gasteiger partial charge in [-0.2, -0.15) is 0 Å². The van der Waals surface area contributed by atoms with Crippen molar-refractivity contribution in [2.75, 3.05) is 6.61 Å². The molecule has 0 bridgehead atoms. The van der Waals surface area contributed by atoms with E-state index >= 15 is 0 Å². The Labute approximate surface area is 144 Å². The Morgan fingerprint density at radius 3 is 1.83 bits per heavy atom. The molecule has 3 rings (SSSR count). The maximum absolute atomic E-state index is 5.96. The van der Waals surface area contributed by atoms with Crippen LogP contribution in [0.5, 0.6) is 0 Å². The van der Waals surface area contributed by atoms with Gasteiger partial charge >= 0.3 is 0 Å². The summed E-state index contributed by atoms with van der Waals surface area (Å²) in [6, 6.07) is 31.4. The van der Waals surface area contributed by atoms with Crippen molar-refractivity contribution in [1.29, 1.82) is 0 Å². The number of hydrogen-bond acceptors (Lipinski definition) is 2. The zero-order valence-electron chi connectivity index (χ0n) is 13.8. The van der Waals surface area contributed by atoms with Gasteiger partial charge in [0.2, 0.25) is 0 Å². The second kappa shape index (κ2) is 9.02. The van der Waals surface area contributed by atoms with E-state index < -0.39 is 0 Å². The van der Waals surface area contributed by atoms with Gasteiger partial charge in [0.15, 0.2) is 0 Å². The highest BCUT2D eigenvalue weighted by Gasteiger charge is 2.11. The summed E-state index contributed by atoms with van der Waals surface area (Å²) in [6.45, 7) is 2.11. The lowest BCUT2D eigenvalue weighted by Crippen LogP contribution is -2.25. The van der Waals surface area contributed by atoms with Crippen LogP contribution in [0.15, 0.2) is 91.0 Å². The standard InChI is InChI=1S/C22H23NO/c1-4-10-19(11-5-1)16-23-22(21-14-8-3-9-15-21)18-24-17-20-12-6-2-7-13-20/h1-15,22-23H,16-18H2/t22-/m0/s1. The van der Waals surface area contributed by atoms with Crippen LogP contribution in [-0.4, -0.2) is 6.61 Å². The van der Waals surface area contributed by atoms with Crippen molar-refractivity contribution in [3.05, 3.63) is 108 Å².